The molecule has 0 saturated carbocycles. The molecular weight excluding hydrogens is 437 g/mol. The fraction of sp³-hybridized carbons (Fsp3) is 0.158. The quantitative estimate of drug-likeness (QED) is 0.546. The first-order valence-corrected chi connectivity index (χ1v) is 11.3. The number of aryl methyl sites for hydroxylation is 2. The average molecular weight is 454 g/mol. The van der Waals surface area contributed by atoms with E-state index in [0.717, 1.165) is 29.0 Å². The summed E-state index contributed by atoms with van der Waals surface area (Å²) in [6, 6.07) is 9.74. The Morgan fingerprint density at radius 1 is 1.21 bits per heavy atom. The van der Waals surface area contributed by atoms with Crippen LogP contribution in [0.2, 0.25) is 5.02 Å². The van der Waals surface area contributed by atoms with Crippen LogP contribution < -0.4 is 10.0 Å². The summed E-state index contributed by atoms with van der Waals surface area (Å²) in [7, 11) is -3.86. The number of nitrogens with zero attached hydrogens (tertiary/aromatic N) is 1. The molecule has 152 valence electrons. The van der Waals surface area contributed by atoms with Crippen LogP contribution in [0.1, 0.15) is 17.7 Å². The molecule has 0 radical (unpaired) electrons. The summed E-state index contributed by atoms with van der Waals surface area (Å²) in [6.07, 6.45) is 0.528. The summed E-state index contributed by atoms with van der Waals surface area (Å²) >= 11 is 7.06. The van der Waals surface area contributed by atoms with Gasteiger partial charge >= 0.3 is 0 Å². The molecule has 0 bridgehead atoms. The largest absolute Gasteiger partial charge is 0.326 e. The minimum atomic E-state index is -3.86. The van der Waals surface area contributed by atoms with Crippen LogP contribution in [-0.4, -0.2) is 19.3 Å². The molecule has 10 heteroatoms. The Kier molecular flexibility index (Phi) is 6.51. The summed E-state index contributed by atoms with van der Waals surface area (Å²) in [5.74, 6) is -0.719. The highest BCUT2D eigenvalue weighted by Crippen LogP contribution is 2.22. The van der Waals surface area contributed by atoms with Crippen molar-refractivity contribution < 1.29 is 17.6 Å². The van der Waals surface area contributed by atoms with Crippen molar-refractivity contribution in [3.05, 3.63) is 69.9 Å². The Morgan fingerprint density at radius 2 is 1.93 bits per heavy atom. The maximum Gasteiger partial charge on any atom is 0.263 e. The van der Waals surface area contributed by atoms with E-state index in [1.54, 1.807) is 17.5 Å². The second-order valence-corrected chi connectivity index (χ2v) is 9.19. The first kappa shape index (κ1) is 21.2. The number of thiazole rings is 1. The van der Waals surface area contributed by atoms with Gasteiger partial charge in [0.1, 0.15) is 5.82 Å². The number of carbonyl (C=O) groups excluding carboxylic acids is 1. The summed E-state index contributed by atoms with van der Waals surface area (Å²) in [4.78, 5) is 16.3. The van der Waals surface area contributed by atoms with Crippen molar-refractivity contribution in [2.45, 2.75) is 24.7 Å². The number of benzene rings is 2. The van der Waals surface area contributed by atoms with Crippen molar-refractivity contribution in [1.29, 1.82) is 0 Å². The molecule has 0 atom stereocenters. The number of aromatic nitrogens is 1. The molecule has 1 amide bonds. The maximum atomic E-state index is 13.0. The molecule has 6 nitrogen and oxygen atoms in total. The van der Waals surface area contributed by atoms with Gasteiger partial charge in [-0.25, -0.2) is 17.8 Å². The third-order valence-electron chi connectivity index (χ3n) is 3.98. The van der Waals surface area contributed by atoms with Crippen LogP contribution >= 0.6 is 22.9 Å². The molecular formula is C19H17ClFN3O3S2. The zero-order valence-electron chi connectivity index (χ0n) is 15.3. The molecule has 0 saturated heterocycles. The first-order chi connectivity index (χ1) is 13.7. The van der Waals surface area contributed by atoms with Crippen molar-refractivity contribution in [1.82, 2.24) is 4.98 Å². The highest BCUT2D eigenvalue weighted by Gasteiger charge is 2.16. The van der Waals surface area contributed by atoms with Crippen molar-refractivity contribution in [3.8, 4) is 0 Å². The number of hydrogen-bond acceptors (Lipinski definition) is 5. The van der Waals surface area contributed by atoms with Crippen LogP contribution in [0, 0.1) is 12.7 Å². The van der Waals surface area contributed by atoms with E-state index >= 15 is 0 Å². The number of rotatable bonds is 7. The third-order valence-corrected chi connectivity index (χ3v) is 6.50. The lowest BCUT2D eigenvalue weighted by atomic mass is 10.2. The molecule has 0 aliphatic carbocycles. The molecule has 0 aliphatic rings. The Balaban J connectivity index is 1.58. The van der Waals surface area contributed by atoms with E-state index in [1.807, 2.05) is 13.0 Å². The van der Waals surface area contributed by atoms with Gasteiger partial charge in [0.05, 0.1) is 10.6 Å². The molecule has 29 heavy (non-hydrogen) atoms. The van der Waals surface area contributed by atoms with E-state index in [0.29, 0.717) is 22.8 Å². The third kappa shape index (κ3) is 5.75. The Morgan fingerprint density at radius 3 is 2.66 bits per heavy atom. The van der Waals surface area contributed by atoms with Crippen LogP contribution in [0.25, 0.3) is 0 Å². The Hall–Kier alpha value is -2.49. The second kappa shape index (κ2) is 8.89. The van der Waals surface area contributed by atoms with Gasteiger partial charge in [-0.3, -0.25) is 9.52 Å². The lowest BCUT2D eigenvalue weighted by Gasteiger charge is -2.08. The molecule has 0 fully saturated rings. The van der Waals surface area contributed by atoms with Crippen LogP contribution in [0.3, 0.4) is 0 Å². The SMILES string of the molecule is Cc1ccc(Cl)cc1NC(=O)CCc1csc(NS(=O)(=O)c2ccc(F)cc2)n1. The predicted molar refractivity (Wildman–Crippen MR) is 112 cm³/mol. The molecule has 3 rings (SSSR count). The van der Waals surface area contributed by atoms with Crippen molar-refractivity contribution in [3.63, 3.8) is 0 Å². The van der Waals surface area contributed by atoms with Crippen LogP contribution in [-0.2, 0) is 21.2 Å². The van der Waals surface area contributed by atoms with E-state index in [2.05, 4.69) is 15.0 Å². The second-order valence-electron chi connectivity index (χ2n) is 6.21. The fourth-order valence-corrected chi connectivity index (χ4v) is 4.61. The molecule has 1 aromatic heterocycles. The Bertz CT molecular complexity index is 1130. The Labute approximate surface area is 176 Å². The number of carbonyl (C=O) groups is 1. The first-order valence-electron chi connectivity index (χ1n) is 8.52. The molecule has 0 spiro atoms. The normalized spacial score (nSPS) is 11.3. The van der Waals surface area contributed by atoms with Gasteiger partial charge < -0.3 is 5.32 Å². The van der Waals surface area contributed by atoms with Crippen molar-refractivity contribution in [2.75, 3.05) is 10.0 Å². The number of halogens is 2. The number of hydrogen-bond donors (Lipinski definition) is 2. The average Bonchev–Trinajstić information content (AvgIpc) is 3.10. The van der Waals surface area contributed by atoms with Gasteiger partial charge in [0.15, 0.2) is 5.13 Å². The van der Waals surface area contributed by atoms with Gasteiger partial charge in [-0.1, -0.05) is 17.7 Å². The zero-order chi connectivity index (χ0) is 21.0. The van der Waals surface area contributed by atoms with E-state index in [4.69, 9.17) is 11.6 Å². The highest BCUT2D eigenvalue weighted by molar-refractivity contribution is 7.93. The summed E-state index contributed by atoms with van der Waals surface area (Å²) in [5.41, 5.74) is 2.13. The lowest BCUT2D eigenvalue weighted by molar-refractivity contribution is -0.116. The van der Waals surface area contributed by atoms with Gasteiger partial charge in [-0.05, 0) is 55.3 Å². The minimum absolute atomic E-state index is 0.0630. The van der Waals surface area contributed by atoms with Gasteiger partial charge in [0.2, 0.25) is 5.91 Å². The van der Waals surface area contributed by atoms with Crippen LogP contribution in [0.4, 0.5) is 15.2 Å². The highest BCUT2D eigenvalue weighted by atomic mass is 35.5. The van der Waals surface area contributed by atoms with E-state index in [9.17, 15) is 17.6 Å². The number of sulfonamides is 1. The van der Waals surface area contributed by atoms with Crippen molar-refractivity contribution in [2.24, 2.45) is 0 Å². The van der Waals surface area contributed by atoms with Crippen LogP contribution in [0.15, 0.2) is 52.7 Å². The van der Waals surface area contributed by atoms with Gasteiger partial charge in [-0.15, -0.1) is 11.3 Å². The maximum absolute atomic E-state index is 13.0. The van der Waals surface area contributed by atoms with Gasteiger partial charge in [0.25, 0.3) is 10.0 Å². The molecule has 0 unspecified atom stereocenters. The number of amides is 1. The molecule has 2 aromatic carbocycles. The fourth-order valence-electron chi connectivity index (χ4n) is 2.44. The van der Waals surface area contributed by atoms with Crippen molar-refractivity contribution >= 4 is 49.7 Å². The molecule has 2 N–H and O–H groups in total. The standard InChI is InChI=1S/C19H17ClFN3O3S2/c1-12-2-3-13(20)10-17(12)23-18(25)9-6-15-11-28-19(22-15)24-29(26,27)16-7-4-14(21)5-8-16/h2-5,7-8,10-11H,6,9H2,1H3,(H,22,24)(H,23,25). The van der Waals surface area contributed by atoms with E-state index in [-0.39, 0.29) is 22.4 Å². The number of anilines is 2. The smallest absolute Gasteiger partial charge is 0.263 e. The topological polar surface area (TPSA) is 88.2 Å². The number of nitrogens with one attached hydrogen (secondary N) is 2. The van der Waals surface area contributed by atoms with Gasteiger partial charge in [-0.2, -0.15) is 0 Å². The zero-order valence-corrected chi connectivity index (χ0v) is 17.7. The summed E-state index contributed by atoms with van der Waals surface area (Å²) < 4.78 is 39.9. The molecule has 0 aliphatic heterocycles. The van der Waals surface area contributed by atoms with E-state index in [1.165, 1.54) is 12.1 Å². The van der Waals surface area contributed by atoms with Gasteiger partial charge in [0, 0.05) is 22.5 Å². The minimum Gasteiger partial charge on any atom is -0.326 e. The summed E-state index contributed by atoms with van der Waals surface area (Å²) in [5, 5.41) is 5.19. The van der Waals surface area contributed by atoms with Crippen LogP contribution in [0.5, 0.6) is 0 Å². The predicted octanol–water partition coefficient (Wildman–Crippen LogP) is 4.62. The molecule has 3 aromatic rings. The summed E-state index contributed by atoms with van der Waals surface area (Å²) in [6.45, 7) is 1.87. The monoisotopic (exact) mass is 453 g/mol. The lowest BCUT2D eigenvalue weighted by Crippen LogP contribution is -2.14. The van der Waals surface area contributed by atoms with E-state index < -0.39 is 15.8 Å². The molecule has 1 heterocycles.